The Bertz CT molecular complexity index is 266. The topological polar surface area (TPSA) is 26.3 Å². The second-order valence-electron chi connectivity index (χ2n) is 5.52. The van der Waals surface area contributed by atoms with Crippen molar-refractivity contribution in [3.63, 3.8) is 0 Å². The molecule has 0 fully saturated rings. The third kappa shape index (κ3) is 4.56. The molecule has 0 aromatic carbocycles. The number of alkyl halides is 3. The van der Waals surface area contributed by atoms with Crippen molar-refractivity contribution in [1.29, 1.82) is 0 Å². The van der Waals surface area contributed by atoms with Crippen molar-refractivity contribution >= 4 is 5.97 Å². The smallest absolute Gasteiger partial charge is 0.422 e. The van der Waals surface area contributed by atoms with E-state index in [1.54, 1.807) is 6.92 Å². The molecule has 0 spiro atoms. The highest BCUT2D eigenvalue weighted by atomic mass is 19.4. The molecule has 0 N–H and O–H groups in total. The van der Waals surface area contributed by atoms with E-state index in [0.717, 1.165) is 6.42 Å². The Labute approximate surface area is 101 Å². The van der Waals surface area contributed by atoms with Crippen molar-refractivity contribution in [3.05, 3.63) is 0 Å². The van der Waals surface area contributed by atoms with Gasteiger partial charge in [0, 0.05) is 0 Å². The Morgan fingerprint density at radius 1 is 1.12 bits per heavy atom. The first-order valence-electron chi connectivity index (χ1n) is 5.68. The zero-order valence-electron chi connectivity index (χ0n) is 11.1. The minimum absolute atomic E-state index is 0.439. The molecule has 0 saturated carbocycles. The molecule has 0 aliphatic heterocycles. The second-order valence-corrected chi connectivity index (χ2v) is 5.52. The summed E-state index contributed by atoms with van der Waals surface area (Å²) in [6.45, 7) is 7.53. The van der Waals surface area contributed by atoms with E-state index in [2.05, 4.69) is 4.74 Å². The van der Waals surface area contributed by atoms with E-state index in [0.29, 0.717) is 6.42 Å². The van der Waals surface area contributed by atoms with Crippen LogP contribution in [0.5, 0.6) is 0 Å². The zero-order chi connectivity index (χ0) is 13.9. The predicted molar refractivity (Wildman–Crippen MR) is 59.5 cm³/mol. The van der Waals surface area contributed by atoms with Gasteiger partial charge < -0.3 is 4.74 Å². The van der Waals surface area contributed by atoms with E-state index >= 15 is 0 Å². The SMILES string of the molecule is CCCC(C)(C(=O)OCC(F)(F)F)C(C)(C)C. The summed E-state index contributed by atoms with van der Waals surface area (Å²) in [5.41, 5.74) is -1.33. The summed E-state index contributed by atoms with van der Waals surface area (Å²) in [5, 5.41) is 0. The molecule has 0 aliphatic rings. The van der Waals surface area contributed by atoms with Gasteiger partial charge in [0.25, 0.3) is 0 Å². The van der Waals surface area contributed by atoms with E-state index in [1.807, 2.05) is 27.7 Å². The Morgan fingerprint density at radius 2 is 1.59 bits per heavy atom. The molecule has 0 saturated heterocycles. The second kappa shape index (κ2) is 5.27. The molecule has 0 aliphatic carbocycles. The lowest BCUT2D eigenvalue weighted by Gasteiger charge is -2.39. The molecule has 1 atom stereocenters. The average Bonchev–Trinajstić information content (AvgIpc) is 2.11. The maximum atomic E-state index is 12.0. The summed E-state index contributed by atoms with van der Waals surface area (Å²) in [6, 6.07) is 0. The molecule has 17 heavy (non-hydrogen) atoms. The van der Waals surface area contributed by atoms with Gasteiger partial charge in [0.2, 0.25) is 0 Å². The van der Waals surface area contributed by atoms with Crippen molar-refractivity contribution < 1.29 is 22.7 Å². The Balaban J connectivity index is 4.79. The molecule has 0 amide bonds. The van der Waals surface area contributed by atoms with Crippen LogP contribution in [0.2, 0.25) is 0 Å². The number of hydrogen-bond acceptors (Lipinski definition) is 2. The summed E-state index contributed by atoms with van der Waals surface area (Å²) in [4.78, 5) is 11.8. The van der Waals surface area contributed by atoms with Gasteiger partial charge in [0.05, 0.1) is 5.41 Å². The molecule has 102 valence electrons. The average molecular weight is 254 g/mol. The van der Waals surface area contributed by atoms with Crippen LogP contribution in [0, 0.1) is 10.8 Å². The summed E-state index contributed by atoms with van der Waals surface area (Å²) in [5.74, 6) is -0.774. The molecule has 2 nitrogen and oxygen atoms in total. The van der Waals surface area contributed by atoms with Gasteiger partial charge in [0.1, 0.15) is 0 Å². The van der Waals surface area contributed by atoms with Crippen LogP contribution >= 0.6 is 0 Å². The number of rotatable bonds is 4. The fourth-order valence-electron chi connectivity index (χ4n) is 1.59. The van der Waals surface area contributed by atoms with E-state index < -0.39 is 29.6 Å². The van der Waals surface area contributed by atoms with E-state index in [1.165, 1.54) is 0 Å². The molecular formula is C12H21F3O2. The van der Waals surface area contributed by atoms with Crippen molar-refractivity contribution in [2.75, 3.05) is 6.61 Å². The maximum Gasteiger partial charge on any atom is 0.422 e. The largest absolute Gasteiger partial charge is 0.456 e. The Hall–Kier alpha value is -0.740. The molecule has 0 aromatic rings. The molecule has 0 bridgehead atoms. The first kappa shape index (κ1) is 16.3. The van der Waals surface area contributed by atoms with Gasteiger partial charge in [-0.15, -0.1) is 0 Å². The third-order valence-electron chi connectivity index (χ3n) is 3.22. The minimum Gasteiger partial charge on any atom is -0.456 e. The number of halogens is 3. The van der Waals surface area contributed by atoms with Crippen molar-refractivity contribution in [2.24, 2.45) is 10.8 Å². The molecule has 0 heterocycles. The Morgan fingerprint density at radius 3 is 1.88 bits per heavy atom. The predicted octanol–water partition coefficient (Wildman–Crippen LogP) is 3.94. The van der Waals surface area contributed by atoms with Gasteiger partial charge >= 0.3 is 12.1 Å². The third-order valence-corrected chi connectivity index (χ3v) is 3.22. The van der Waals surface area contributed by atoms with Crippen LogP contribution in [0.15, 0.2) is 0 Å². The van der Waals surface area contributed by atoms with Crippen LogP contribution in [-0.4, -0.2) is 18.8 Å². The molecule has 1 unspecified atom stereocenters. The highest BCUT2D eigenvalue weighted by molar-refractivity contribution is 5.77. The minimum atomic E-state index is -4.47. The monoisotopic (exact) mass is 254 g/mol. The summed E-state index contributed by atoms with van der Waals surface area (Å²) >= 11 is 0. The molecule has 5 heteroatoms. The Kier molecular flexibility index (Phi) is 5.04. The van der Waals surface area contributed by atoms with Crippen LogP contribution in [-0.2, 0) is 9.53 Å². The van der Waals surface area contributed by atoms with Gasteiger partial charge in [-0.2, -0.15) is 13.2 Å². The lowest BCUT2D eigenvalue weighted by molar-refractivity contribution is -0.197. The molecular weight excluding hydrogens is 233 g/mol. The maximum absolute atomic E-state index is 12.0. The van der Waals surface area contributed by atoms with Crippen LogP contribution in [0.4, 0.5) is 13.2 Å². The fraction of sp³-hybridized carbons (Fsp3) is 0.917. The number of hydrogen-bond donors (Lipinski definition) is 0. The standard InChI is InChI=1S/C12H21F3O2/c1-6-7-11(5,10(2,3)4)9(16)17-8-12(13,14)15/h6-8H2,1-5H3. The highest BCUT2D eigenvalue weighted by Gasteiger charge is 2.45. The van der Waals surface area contributed by atoms with E-state index in [4.69, 9.17) is 0 Å². The van der Waals surface area contributed by atoms with E-state index in [-0.39, 0.29) is 0 Å². The number of carbonyl (C=O) groups excluding carboxylic acids is 1. The van der Waals surface area contributed by atoms with Gasteiger partial charge in [-0.05, 0) is 18.8 Å². The lowest BCUT2D eigenvalue weighted by Crippen LogP contribution is -2.42. The number of esters is 1. The molecule has 0 rings (SSSR count). The molecule has 0 aromatic heterocycles. The summed E-state index contributed by atoms with van der Waals surface area (Å²) in [6.07, 6.45) is -3.25. The van der Waals surface area contributed by atoms with E-state index in [9.17, 15) is 18.0 Å². The van der Waals surface area contributed by atoms with Gasteiger partial charge in [-0.25, -0.2) is 0 Å². The highest BCUT2D eigenvalue weighted by Crippen LogP contribution is 2.43. The normalized spacial score (nSPS) is 16.5. The zero-order valence-corrected chi connectivity index (χ0v) is 11.1. The number of ether oxygens (including phenoxy) is 1. The van der Waals surface area contributed by atoms with Crippen LogP contribution in [0.3, 0.4) is 0 Å². The quantitative estimate of drug-likeness (QED) is 0.710. The van der Waals surface area contributed by atoms with Crippen LogP contribution in [0.1, 0.15) is 47.5 Å². The van der Waals surface area contributed by atoms with Gasteiger partial charge in [-0.3, -0.25) is 4.79 Å². The first-order chi connectivity index (χ1) is 7.44. The van der Waals surface area contributed by atoms with Crippen LogP contribution in [0.25, 0.3) is 0 Å². The van der Waals surface area contributed by atoms with Crippen molar-refractivity contribution in [2.45, 2.75) is 53.6 Å². The lowest BCUT2D eigenvalue weighted by atomic mass is 9.65. The molecule has 0 radical (unpaired) electrons. The van der Waals surface area contributed by atoms with Crippen molar-refractivity contribution in [3.8, 4) is 0 Å². The number of carbonyl (C=O) groups is 1. The summed E-state index contributed by atoms with van der Waals surface area (Å²) < 4.78 is 40.4. The van der Waals surface area contributed by atoms with Crippen molar-refractivity contribution in [1.82, 2.24) is 0 Å². The first-order valence-corrected chi connectivity index (χ1v) is 5.68. The fourth-order valence-corrected chi connectivity index (χ4v) is 1.59. The van der Waals surface area contributed by atoms with Gasteiger partial charge in [0.15, 0.2) is 6.61 Å². The summed E-state index contributed by atoms with van der Waals surface area (Å²) in [7, 11) is 0. The van der Waals surface area contributed by atoms with Gasteiger partial charge in [-0.1, -0.05) is 34.1 Å². The van der Waals surface area contributed by atoms with Crippen LogP contribution < -0.4 is 0 Å².